The summed E-state index contributed by atoms with van der Waals surface area (Å²) in [5.41, 5.74) is 8.83. The predicted octanol–water partition coefficient (Wildman–Crippen LogP) is 4.08. The fourth-order valence-corrected chi connectivity index (χ4v) is 3.55. The van der Waals surface area contributed by atoms with E-state index in [2.05, 4.69) is 29.2 Å². The summed E-state index contributed by atoms with van der Waals surface area (Å²) in [4.78, 5) is 4.42. The van der Waals surface area contributed by atoms with Gasteiger partial charge in [0, 0.05) is 17.6 Å². The number of benzene rings is 1. The van der Waals surface area contributed by atoms with Crippen molar-refractivity contribution in [2.45, 2.75) is 51.0 Å². The lowest BCUT2D eigenvalue weighted by Gasteiger charge is -2.24. The van der Waals surface area contributed by atoms with E-state index in [1.165, 1.54) is 49.5 Å². The Morgan fingerprint density at radius 1 is 1.10 bits per heavy atom. The largest absolute Gasteiger partial charge is 0.327 e. The van der Waals surface area contributed by atoms with Crippen molar-refractivity contribution in [2.24, 2.45) is 11.7 Å². The smallest absolute Gasteiger partial charge is 0.0704 e. The van der Waals surface area contributed by atoms with Crippen LogP contribution in [0, 0.1) is 5.92 Å². The van der Waals surface area contributed by atoms with Crippen LogP contribution in [0.5, 0.6) is 0 Å². The van der Waals surface area contributed by atoms with Crippen molar-refractivity contribution in [2.75, 3.05) is 0 Å². The Morgan fingerprint density at radius 2 is 1.90 bits per heavy atom. The van der Waals surface area contributed by atoms with Gasteiger partial charge in [-0.05, 0) is 36.5 Å². The minimum absolute atomic E-state index is 0.281. The fraction of sp³-hybridized carbons (Fsp3) is 0.500. The van der Waals surface area contributed by atoms with Gasteiger partial charge in [-0.1, -0.05) is 50.3 Å². The molecule has 106 valence electrons. The van der Waals surface area contributed by atoms with Gasteiger partial charge in [0.2, 0.25) is 0 Å². The molecule has 2 N–H and O–H groups in total. The lowest BCUT2D eigenvalue weighted by atomic mass is 9.83. The van der Waals surface area contributed by atoms with Gasteiger partial charge in [-0.2, -0.15) is 0 Å². The maximum atomic E-state index is 6.41. The molecule has 0 radical (unpaired) electrons. The highest BCUT2D eigenvalue weighted by Gasteiger charge is 2.17. The molecule has 1 unspecified atom stereocenters. The number of aromatic nitrogens is 1. The van der Waals surface area contributed by atoms with Gasteiger partial charge in [-0.15, -0.1) is 0 Å². The molecule has 1 aliphatic rings. The molecule has 1 fully saturated rings. The second-order valence-electron chi connectivity index (χ2n) is 6.19. The third kappa shape index (κ3) is 3.18. The third-order valence-corrected chi connectivity index (χ3v) is 4.58. The normalized spacial score (nSPS) is 18.2. The van der Waals surface area contributed by atoms with Crippen molar-refractivity contribution in [3.05, 3.63) is 42.1 Å². The van der Waals surface area contributed by atoms with Crippen LogP contribution in [-0.4, -0.2) is 11.0 Å². The van der Waals surface area contributed by atoms with E-state index in [1.54, 1.807) is 0 Å². The monoisotopic (exact) mass is 268 g/mol. The molecule has 3 rings (SSSR count). The van der Waals surface area contributed by atoms with Crippen LogP contribution in [0.2, 0.25) is 0 Å². The van der Waals surface area contributed by atoms with Crippen LogP contribution in [0.15, 0.2) is 36.5 Å². The number of hydrogen-bond acceptors (Lipinski definition) is 2. The van der Waals surface area contributed by atoms with Crippen molar-refractivity contribution in [3.8, 4) is 0 Å². The van der Waals surface area contributed by atoms with Crippen LogP contribution in [-0.2, 0) is 6.42 Å². The first-order chi connectivity index (χ1) is 9.83. The molecule has 1 aromatic heterocycles. The van der Waals surface area contributed by atoms with E-state index in [0.717, 1.165) is 17.9 Å². The average molecular weight is 268 g/mol. The molecule has 1 atom stereocenters. The predicted molar refractivity (Wildman–Crippen MR) is 84.6 cm³/mol. The maximum Gasteiger partial charge on any atom is 0.0704 e. The van der Waals surface area contributed by atoms with Gasteiger partial charge in [0.15, 0.2) is 0 Å². The van der Waals surface area contributed by atoms with Crippen LogP contribution < -0.4 is 5.73 Å². The molecule has 0 amide bonds. The zero-order valence-corrected chi connectivity index (χ0v) is 12.1. The number of pyridine rings is 1. The molecule has 2 heteroatoms. The lowest BCUT2D eigenvalue weighted by molar-refractivity contribution is 0.317. The summed E-state index contributed by atoms with van der Waals surface area (Å²) in [5.74, 6) is 0.854. The molecule has 2 aromatic rings. The summed E-state index contributed by atoms with van der Waals surface area (Å²) < 4.78 is 0. The van der Waals surface area contributed by atoms with Gasteiger partial charge in [0.1, 0.15) is 0 Å². The van der Waals surface area contributed by atoms with Gasteiger partial charge in [0.25, 0.3) is 0 Å². The van der Waals surface area contributed by atoms with Gasteiger partial charge >= 0.3 is 0 Å². The molecule has 0 spiro atoms. The summed E-state index contributed by atoms with van der Waals surface area (Å²) in [6, 6.07) is 10.8. The van der Waals surface area contributed by atoms with E-state index >= 15 is 0 Å². The van der Waals surface area contributed by atoms with Crippen LogP contribution >= 0.6 is 0 Å². The van der Waals surface area contributed by atoms with Crippen molar-refractivity contribution in [1.82, 2.24) is 4.98 Å². The molecule has 0 bridgehead atoms. The minimum Gasteiger partial charge on any atom is -0.327 e. The van der Waals surface area contributed by atoms with Gasteiger partial charge in [-0.25, -0.2) is 0 Å². The lowest BCUT2D eigenvalue weighted by Crippen LogP contribution is -2.27. The van der Waals surface area contributed by atoms with Gasteiger partial charge in [0.05, 0.1) is 5.52 Å². The van der Waals surface area contributed by atoms with Crippen LogP contribution in [0.3, 0.4) is 0 Å². The first kappa shape index (κ1) is 13.6. The van der Waals surface area contributed by atoms with Crippen LogP contribution in [0.1, 0.15) is 44.1 Å². The van der Waals surface area contributed by atoms with E-state index in [4.69, 9.17) is 5.73 Å². The number of para-hydroxylation sites is 1. The van der Waals surface area contributed by atoms with E-state index in [9.17, 15) is 0 Å². The summed E-state index contributed by atoms with van der Waals surface area (Å²) in [5, 5.41) is 1.26. The SMILES string of the molecule is NC(Cc1ccnc2ccccc12)CC1CCCCC1. The van der Waals surface area contributed by atoms with E-state index in [1.807, 2.05) is 12.3 Å². The van der Waals surface area contributed by atoms with Crippen LogP contribution in [0.25, 0.3) is 10.9 Å². The molecule has 1 saturated carbocycles. The highest BCUT2D eigenvalue weighted by molar-refractivity contribution is 5.81. The number of hydrogen-bond donors (Lipinski definition) is 1. The Bertz CT molecular complexity index is 553. The molecule has 1 aromatic carbocycles. The van der Waals surface area contributed by atoms with Crippen molar-refractivity contribution < 1.29 is 0 Å². The fourth-order valence-electron chi connectivity index (χ4n) is 3.55. The second kappa shape index (κ2) is 6.36. The molecular formula is C18H24N2. The molecule has 20 heavy (non-hydrogen) atoms. The maximum absolute atomic E-state index is 6.41. The Morgan fingerprint density at radius 3 is 2.75 bits per heavy atom. The first-order valence-corrected chi connectivity index (χ1v) is 7.91. The van der Waals surface area contributed by atoms with Crippen molar-refractivity contribution >= 4 is 10.9 Å². The number of nitrogens with zero attached hydrogens (tertiary/aromatic N) is 1. The average Bonchev–Trinajstić information content (AvgIpc) is 2.48. The number of nitrogens with two attached hydrogens (primary N) is 1. The topological polar surface area (TPSA) is 38.9 Å². The quantitative estimate of drug-likeness (QED) is 0.907. The second-order valence-corrected chi connectivity index (χ2v) is 6.19. The number of rotatable bonds is 4. The zero-order chi connectivity index (χ0) is 13.8. The molecule has 1 heterocycles. The third-order valence-electron chi connectivity index (χ3n) is 4.58. The zero-order valence-electron chi connectivity index (χ0n) is 12.1. The van der Waals surface area contributed by atoms with Crippen LogP contribution in [0.4, 0.5) is 0 Å². The highest BCUT2D eigenvalue weighted by Crippen LogP contribution is 2.28. The highest BCUT2D eigenvalue weighted by atomic mass is 14.7. The Hall–Kier alpha value is -1.41. The first-order valence-electron chi connectivity index (χ1n) is 7.91. The summed E-state index contributed by atoms with van der Waals surface area (Å²) in [6.45, 7) is 0. The number of fused-ring (bicyclic) bond motifs is 1. The molecule has 1 aliphatic carbocycles. The molecule has 2 nitrogen and oxygen atoms in total. The summed E-state index contributed by atoms with van der Waals surface area (Å²) >= 11 is 0. The van der Waals surface area contributed by atoms with Crippen molar-refractivity contribution in [3.63, 3.8) is 0 Å². The Labute approximate surface area is 121 Å². The summed E-state index contributed by atoms with van der Waals surface area (Å²) in [7, 11) is 0. The van der Waals surface area contributed by atoms with Gasteiger partial charge < -0.3 is 5.73 Å². The Kier molecular flexibility index (Phi) is 4.31. The minimum atomic E-state index is 0.281. The summed E-state index contributed by atoms with van der Waals surface area (Å²) in [6.07, 6.45) is 11.0. The van der Waals surface area contributed by atoms with E-state index in [0.29, 0.717) is 0 Å². The van der Waals surface area contributed by atoms with E-state index < -0.39 is 0 Å². The van der Waals surface area contributed by atoms with Crippen molar-refractivity contribution in [1.29, 1.82) is 0 Å². The molecular weight excluding hydrogens is 244 g/mol. The standard InChI is InChI=1S/C18H24N2/c19-16(12-14-6-2-1-3-7-14)13-15-10-11-20-18-9-5-4-8-17(15)18/h4-5,8-11,14,16H,1-3,6-7,12-13,19H2. The van der Waals surface area contributed by atoms with Gasteiger partial charge in [-0.3, -0.25) is 4.98 Å². The molecule has 0 aliphatic heterocycles. The van der Waals surface area contributed by atoms with E-state index in [-0.39, 0.29) is 6.04 Å². The Balaban J connectivity index is 1.69. The molecule has 0 saturated heterocycles.